The van der Waals surface area contributed by atoms with E-state index in [1.807, 2.05) is 47.8 Å². The summed E-state index contributed by atoms with van der Waals surface area (Å²) in [6.45, 7) is 0.138. The van der Waals surface area contributed by atoms with E-state index in [1.54, 1.807) is 24.5 Å². The number of benzene rings is 1. The summed E-state index contributed by atoms with van der Waals surface area (Å²) in [4.78, 5) is 26.9. The van der Waals surface area contributed by atoms with Gasteiger partial charge in [-0.1, -0.05) is 24.3 Å². The van der Waals surface area contributed by atoms with Crippen molar-refractivity contribution in [1.29, 1.82) is 0 Å². The number of thiophene rings is 2. The van der Waals surface area contributed by atoms with Crippen molar-refractivity contribution in [2.75, 3.05) is 13.7 Å². The SMILES string of the molecule is COc1ccccc1CNC(=O)C(=O)NC[C@@H](O)c1ccc(-c2cccs2)s1. The number of nitrogens with one attached hydrogen (secondary N) is 2. The molecule has 0 bridgehead atoms. The number of aliphatic hydroxyl groups is 1. The van der Waals surface area contributed by atoms with E-state index in [9.17, 15) is 14.7 Å². The highest BCUT2D eigenvalue weighted by Crippen LogP contribution is 2.33. The van der Waals surface area contributed by atoms with Gasteiger partial charge < -0.3 is 20.5 Å². The van der Waals surface area contributed by atoms with Crippen LogP contribution in [0.25, 0.3) is 9.75 Å². The molecule has 1 atom stereocenters. The van der Waals surface area contributed by atoms with E-state index >= 15 is 0 Å². The first-order chi connectivity index (χ1) is 13.6. The molecule has 0 spiro atoms. The quantitative estimate of drug-likeness (QED) is 0.517. The predicted molar refractivity (Wildman–Crippen MR) is 110 cm³/mol. The van der Waals surface area contributed by atoms with Crippen LogP contribution in [-0.4, -0.2) is 30.6 Å². The van der Waals surface area contributed by atoms with E-state index in [1.165, 1.54) is 11.3 Å². The lowest BCUT2D eigenvalue weighted by atomic mass is 10.2. The van der Waals surface area contributed by atoms with Crippen LogP contribution in [0.3, 0.4) is 0 Å². The maximum absolute atomic E-state index is 12.0. The summed E-state index contributed by atoms with van der Waals surface area (Å²) in [7, 11) is 1.54. The van der Waals surface area contributed by atoms with Crippen molar-refractivity contribution >= 4 is 34.5 Å². The molecule has 8 heteroatoms. The number of ether oxygens (including phenoxy) is 1. The molecule has 0 saturated carbocycles. The van der Waals surface area contributed by atoms with Crippen LogP contribution in [0.15, 0.2) is 53.9 Å². The minimum atomic E-state index is -0.871. The number of rotatable bonds is 7. The number of para-hydroxylation sites is 1. The summed E-state index contributed by atoms with van der Waals surface area (Å²) < 4.78 is 5.21. The lowest BCUT2D eigenvalue weighted by Crippen LogP contribution is -2.41. The van der Waals surface area contributed by atoms with Gasteiger partial charge in [-0.15, -0.1) is 22.7 Å². The third kappa shape index (κ3) is 4.98. The molecule has 0 radical (unpaired) electrons. The second-order valence-corrected chi connectivity index (χ2v) is 7.96. The summed E-state index contributed by atoms with van der Waals surface area (Å²) in [6.07, 6.45) is -0.871. The van der Waals surface area contributed by atoms with E-state index in [0.717, 1.165) is 20.2 Å². The lowest BCUT2D eigenvalue weighted by molar-refractivity contribution is -0.139. The van der Waals surface area contributed by atoms with Crippen LogP contribution >= 0.6 is 22.7 Å². The van der Waals surface area contributed by atoms with Crippen LogP contribution in [0.5, 0.6) is 5.75 Å². The zero-order valence-corrected chi connectivity index (χ0v) is 16.8. The van der Waals surface area contributed by atoms with Crippen LogP contribution in [0.2, 0.25) is 0 Å². The zero-order chi connectivity index (χ0) is 19.9. The van der Waals surface area contributed by atoms with Crippen molar-refractivity contribution in [2.24, 2.45) is 0 Å². The lowest BCUT2D eigenvalue weighted by Gasteiger charge is -2.11. The molecule has 2 heterocycles. The van der Waals surface area contributed by atoms with Gasteiger partial charge in [0, 0.05) is 33.3 Å². The van der Waals surface area contributed by atoms with Gasteiger partial charge in [0.15, 0.2) is 0 Å². The van der Waals surface area contributed by atoms with Gasteiger partial charge in [-0.3, -0.25) is 9.59 Å². The third-order valence-electron chi connectivity index (χ3n) is 4.01. The van der Waals surface area contributed by atoms with Gasteiger partial charge in [0.25, 0.3) is 0 Å². The fourth-order valence-corrected chi connectivity index (χ4v) is 4.39. The maximum atomic E-state index is 12.0. The molecule has 146 valence electrons. The standard InChI is InChI=1S/C20H20N2O4S2/c1-26-15-6-3-2-5-13(15)11-21-19(24)20(25)22-12-14(23)16-8-9-18(28-16)17-7-4-10-27-17/h2-10,14,23H,11-12H2,1H3,(H,21,24)(H,22,25)/t14-/m1/s1. The van der Waals surface area contributed by atoms with Gasteiger partial charge in [-0.2, -0.15) is 0 Å². The monoisotopic (exact) mass is 416 g/mol. The average Bonchev–Trinajstić information content (AvgIpc) is 3.41. The second kappa shape index (κ2) is 9.50. The summed E-state index contributed by atoms with van der Waals surface area (Å²) >= 11 is 3.09. The van der Waals surface area contributed by atoms with Crippen LogP contribution in [-0.2, 0) is 16.1 Å². The van der Waals surface area contributed by atoms with Crippen molar-refractivity contribution in [3.8, 4) is 15.5 Å². The van der Waals surface area contributed by atoms with Gasteiger partial charge in [-0.25, -0.2) is 0 Å². The number of amides is 2. The minimum absolute atomic E-state index is 0.0364. The molecule has 1 aromatic carbocycles. The van der Waals surface area contributed by atoms with E-state index in [0.29, 0.717) is 5.75 Å². The Bertz CT molecular complexity index is 937. The first-order valence-corrected chi connectivity index (χ1v) is 10.3. The number of carbonyl (C=O) groups excluding carboxylic acids is 2. The predicted octanol–water partition coefficient (Wildman–Crippen LogP) is 2.95. The second-order valence-electron chi connectivity index (χ2n) is 5.90. The summed E-state index contributed by atoms with van der Waals surface area (Å²) in [5.41, 5.74) is 0.769. The molecule has 6 nitrogen and oxygen atoms in total. The molecule has 3 rings (SSSR count). The van der Waals surface area contributed by atoms with Gasteiger partial charge in [0.05, 0.1) is 7.11 Å². The Morgan fingerprint density at radius 2 is 1.82 bits per heavy atom. The molecule has 0 aliphatic carbocycles. The molecule has 28 heavy (non-hydrogen) atoms. The number of methoxy groups -OCH3 is 1. The van der Waals surface area contributed by atoms with Crippen molar-refractivity contribution < 1.29 is 19.4 Å². The normalized spacial score (nSPS) is 11.6. The first kappa shape index (κ1) is 20.1. The minimum Gasteiger partial charge on any atom is -0.496 e. The number of aliphatic hydroxyl groups excluding tert-OH is 1. The fourth-order valence-electron chi connectivity index (χ4n) is 2.56. The molecule has 2 amide bonds. The van der Waals surface area contributed by atoms with Crippen molar-refractivity contribution in [2.45, 2.75) is 12.6 Å². The molecule has 0 aliphatic rings. The topological polar surface area (TPSA) is 87.7 Å². The van der Waals surface area contributed by atoms with Crippen molar-refractivity contribution in [1.82, 2.24) is 10.6 Å². The van der Waals surface area contributed by atoms with Crippen LogP contribution in [0, 0.1) is 0 Å². The number of carbonyl (C=O) groups is 2. The van der Waals surface area contributed by atoms with Gasteiger partial charge >= 0.3 is 11.8 Å². The van der Waals surface area contributed by atoms with Crippen LogP contribution in [0.1, 0.15) is 16.5 Å². The highest BCUT2D eigenvalue weighted by molar-refractivity contribution is 7.21. The first-order valence-electron chi connectivity index (χ1n) is 8.58. The molecule has 0 fully saturated rings. The Hall–Kier alpha value is -2.68. The molecule has 2 aromatic heterocycles. The van der Waals surface area contributed by atoms with Gasteiger partial charge in [0.2, 0.25) is 0 Å². The van der Waals surface area contributed by atoms with Gasteiger partial charge in [0.1, 0.15) is 11.9 Å². The van der Waals surface area contributed by atoms with Gasteiger partial charge in [-0.05, 0) is 29.6 Å². The molecule has 0 unspecified atom stereocenters. The Labute approximate surface area is 170 Å². The Morgan fingerprint density at radius 3 is 2.57 bits per heavy atom. The smallest absolute Gasteiger partial charge is 0.309 e. The Morgan fingerprint density at radius 1 is 1.04 bits per heavy atom. The van der Waals surface area contributed by atoms with E-state index in [4.69, 9.17) is 4.74 Å². The fraction of sp³-hybridized carbons (Fsp3) is 0.200. The van der Waals surface area contributed by atoms with E-state index < -0.39 is 17.9 Å². The molecule has 0 aliphatic heterocycles. The number of hydrogen-bond acceptors (Lipinski definition) is 6. The zero-order valence-electron chi connectivity index (χ0n) is 15.2. The summed E-state index contributed by atoms with van der Waals surface area (Å²) in [5, 5.41) is 17.3. The van der Waals surface area contributed by atoms with Crippen molar-refractivity contribution in [3.63, 3.8) is 0 Å². The molecule has 3 aromatic rings. The molecule has 0 saturated heterocycles. The maximum Gasteiger partial charge on any atom is 0.309 e. The van der Waals surface area contributed by atoms with Crippen molar-refractivity contribution in [3.05, 3.63) is 64.4 Å². The average molecular weight is 417 g/mol. The number of hydrogen-bond donors (Lipinski definition) is 3. The largest absolute Gasteiger partial charge is 0.496 e. The Kier molecular flexibility index (Phi) is 6.80. The molecule has 3 N–H and O–H groups in total. The highest BCUT2D eigenvalue weighted by atomic mass is 32.1. The van der Waals surface area contributed by atoms with Crippen LogP contribution < -0.4 is 15.4 Å². The Balaban J connectivity index is 1.48. The molecular formula is C20H20N2O4S2. The summed E-state index contributed by atoms with van der Waals surface area (Å²) in [5.74, 6) is -0.912. The molecular weight excluding hydrogens is 396 g/mol. The third-order valence-corrected chi connectivity index (χ3v) is 6.27. The summed E-state index contributed by atoms with van der Waals surface area (Å²) in [6, 6.07) is 15.0. The van der Waals surface area contributed by atoms with Crippen LogP contribution in [0.4, 0.5) is 0 Å². The van der Waals surface area contributed by atoms with E-state index in [2.05, 4.69) is 10.6 Å². The van der Waals surface area contributed by atoms with E-state index in [-0.39, 0.29) is 13.1 Å². The highest BCUT2D eigenvalue weighted by Gasteiger charge is 2.17.